The highest BCUT2D eigenvalue weighted by atomic mass is 16.6. The van der Waals surface area contributed by atoms with Crippen molar-refractivity contribution in [3.05, 3.63) is 69.8 Å². The lowest BCUT2D eigenvalue weighted by atomic mass is 10.0. The summed E-state index contributed by atoms with van der Waals surface area (Å²) >= 11 is 0. The number of imide groups is 1. The van der Waals surface area contributed by atoms with Crippen LogP contribution in [0, 0.1) is 10.1 Å². The molecule has 0 spiro atoms. The quantitative estimate of drug-likeness (QED) is 0.303. The molecule has 10 heteroatoms. The molecule has 0 unspecified atom stereocenters. The van der Waals surface area contributed by atoms with E-state index in [1.165, 1.54) is 30.5 Å². The van der Waals surface area contributed by atoms with E-state index in [2.05, 4.69) is 0 Å². The fourth-order valence-electron chi connectivity index (χ4n) is 3.31. The molecule has 1 aromatic heterocycles. The number of methoxy groups -OCH3 is 2. The van der Waals surface area contributed by atoms with Crippen molar-refractivity contribution < 1.29 is 28.4 Å². The first-order valence-corrected chi connectivity index (χ1v) is 9.58. The summed E-state index contributed by atoms with van der Waals surface area (Å²) in [6, 6.07) is 8.91. The number of furan rings is 1. The molecule has 10 nitrogen and oxygen atoms in total. The summed E-state index contributed by atoms with van der Waals surface area (Å²) in [5, 5.41) is 11.0. The zero-order chi connectivity index (χ0) is 22.4. The number of hydrogen-bond acceptors (Lipinski definition) is 8. The first kappa shape index (κ1) is 22.2. The Morgan fingerprint density at radius 1 is 1.03 bits per heavy atom. The van der Waals surface area contributed by atoms with Crippen molar-refractivity contribution in [1.82, 2.24) is 9.80 Å². The van der Waals surface area contributed by atoms with Gasteiger partial charge in [-0.15, -0.1) is 0 Å². The summed E-state index contributed by atoms with van der Waals surface area (Å²) in [7, 11) is 3.09. The maximum atomic E-state index is 13.3. The van der Waals surface area contributed by atoms with E-state index in [4.69, 9.17) is 13.9 Å². The van der Waals surface area contributed by atoms with Crippen LogP contribution in [0.1, 0.15) is 11.3 Å². The third-order valence-electron chi connectivity index (χ3n) is 4.85. The number of rotatable bonds is 11. The fourth-order valence-corrected chi connectivity index (χ4v) is 3.31. The minimum atomic E-state index is -0.520. The molecule has 2 amide bonds. The zero-order valence-corrected chi connectivity index (χ0v) is 17.3. The summed E-state index contributed by atoms with van der Waals surface area (Å²) in [4.78, 5) is 40.0. The van der Waals surface area contributed by atoms with E-state index in [-0.39, 0.29) is 23.5 Å². The van der Waals surface area contributed by atoms with Crippen LogP contribution in [0.4, 0.5) is 5.69 Å². The van der Waals surface area contributed by atoms with E-state index in [9.17, 15) is 19.7 Å². The lowest BCUT2D eigenvalue weighted by Crippen LogP contribution is -2.37. The second-order valence-corrected chi connectivity index (χ2v) is 6.78. The van der Waals surface area contributed by atoms with Crippen LogP contribution in [0.3, 0.4) is 0 Å². The number of carbonyl (C=O) groups excluding carboxylic acids is 2. The number of nitrogens with zero attached hydrogens (tertiary/aromatic N) is 3. The largest absolute Gasteiger partial charge is 0.467 e. The number of nitro benzene ring substituents is 1. The third-order valence-corrected chi connectivity index (χ3v) is 4.85. The maximum Gasteiger partial charge on any atom is 0.278 e. The second kappa shape index (κ2) is 10.0. The summed E-state index contributed by atoms with van der Waals surface area (Å²) < 4.78 is 15.6. The van der Waals surface area contributed by atoms with E-state index >= 15 is 0 Å². The van der Waals surface area contributed by atoms with E-state index in [0.29, 0.717) is 37.6 Å². The zero-order valence-electron chi connectivity index (χ0n) is 17.3. The first-order valence-electron chi connectivity index (χ1n) is 9.58. The Bertz CT molecular complexity index is 959. The van der Waals surface area contributed by atoms with Gasteiger partial charge in [0.2, 0.25) is 0 Å². The molecule has 0 bridgehead atoms. The molecule has 1 aliphatic heterocycles. The molecule has 31 heavy (non-hydrogen) atoms. The van der Waals surface area contributed by atoms with Gasteiger partial charge in [-0.1, -0.05) is 0 Å². The maximum absolute atomic E-state index is 13.3. The topological polar surface area (TPSA) is 115 Å². The van der Waals surface area contributed by atoms with Gasteiger partial charge in [-0.25, -0.2) is 0 Å². The molecular weight excluding hydrogens is 406 g/mol. The van der Waals surface area contributed by atoms with Crippen LogP contribution in [0.15, 0.2) is 52.8 Å². The average molecular weight is 429 g/mol. The first-order chi connectivity index (χ1) is 15.0. The predicted octanol–water partition coefficient (Wildman–Crippen LogP) is 2.06. The van der Waals surface area contributed by atoms with Crippen LogP contribution >= 0.6 is 0 Å². The summed E-state index contributed by atoms with van der Waals surface area (Å²) in [5.74, 6) is -0.502. The lowest BCUT2D eigenvalue weighted by Gasteiger charge is -2.25. The minimum absolute atomic E-state index is 0.0208. The molecule has 0 saturated heterocycles. The highest BCUT2D eigenvalue weighted by Crippen LogP contribution is 2.33. The minimum Gasteiger partial charge on any atom is -0.467 e. The highest BCUT2D eigenvalue weighted by molar-refractivity contribution is 6.35. The molecule has 2 heterocycles. The Labute approximate surface area is 178 Å². The van der Waals surface area contributed by atoms with Crippen LogP contribution in [0.5, 0.6) is 0 Å². The number of amides is 2. The Morgan fingerprint density at radius 2 is 1.68 bits per heavy atom. The Kier molecular flexibility index (Phi) is 7.16. The van der Waals surface area contributed by atoms with Gasteiger partial charge in [-0.2, -0.15) is 0 Å². The van der Waals surface area contributed by atoms with Gasteiger partial charge in [0, 0.05) is 39.4 Å². The summed E-state index contributed by atoms with van der Waals surface area (Å²) in [6.45, 7) is 1.37. The molecule has 0 N–H and O–H groups in total. The van der Waals surface area contributed by atoms with Gasteiger partial charge in [0.25, 0.3) is 17.5 Å². The van der Waals surface area contributed by atoms with Crippen molar-refractivity contribution in [3.63, 3.8) is 0 Å². The summed E-state index contributed by atoms with van der Waals surface area (Å²) in [6.07, 6.45) is 1.47. The van der Waals surface area contributed by atoms with E-state index < -0.39 is 16.7 Å². The molecular formula is C21H23N3O7. The normalized spacial score (nSPS) is 13.9. The molecule has 0 radical (unpaired) electrons. The van der Waals surface area contributed by atoms with Crippen molar-refractivity contribution >= 4 is 23.1 Å². The monoisotopic (exact) mass is 429 g/mol. The molecule has 0 atom stereocenters. The average Bonchev–Trinajstić information content (AvgIpc) is 3.36. The van der Waals surface area contributed by atoms with Crippen LogP contribution in [0.2, 0.25) is 0 Å². The Hall–Kier alpha value is -3.50. The fraction of sp³-hybridized carbons (Fsp3) is 0.333. The van der Waals surface area contributed by atoms with Crippen molar-refractivity contribution in [1.29, 1.82) is 0 Å². The van der Waals surface area contributed by atoms with Crippen LogP contribution in [0.25, 0.3) is 5.57 Å². The molecule has 0 aliphatic carbocycles. The molecule has 1 aromatic carbocycles. The van der Waals surface area contributed by atoms with Crippen molar-refractivity contribution in [3.8, 4) is 0 Å². The van der Waals surface area contributed by atoms with Crippen molar-refractivity contribution in [2.45, 2.75) is 6.54 Å². The van der Waals surface area contributed by atoms with Crippen LogP contribution < -0.4 is 0 Å². The van der Waals surface area contributed by atoms with Gasteiger partial charge >= 0.3 is 0 Å². The van der Waals surface area contributed by atoms with E-state index in [1.54, 1.807) is 31.3 Å². The van der Waals surface area contributed by atoms with Gasteiger partial charge in [0.1, 0.15) is 11.5 Å². The smallest absolute Gasteiger partial charge is 0.278 e. The van der Waals surface area contributed by atoms with Crippen molar-refractivity contribution in [2.75, 3.05) is 40.5 Å². The molecule has 164 valence electrons. The SMILES string of the molecule is COCCN(CCOC)C1=C(c2ccc([N+](=O)[O-])cc2)C(=O)N(Cc2ccco2)C1=O. The molecule has 0 fully saturated rings. The van der Waals surface area contributed by atoms with E-state index in [1.807, 2.05) is 0 Å². The van der Waals surface area contributed by atoms with Gasteiger partial charge < -0.3 is 18.8 Å². The Morgan fingerprint density at radius 3 is 2.19 bits per heavy atom. The molecule has 3 rings (SSSR count). The van der Waals surface area contributed by atoms with Crippen LogP contribution in [-0.4, -0.2) is 67.1 Å². The molecule has 1 aliphatic rings. The molecule has 2 aromatic rings. The van der Waals surface area contributed by atoms with Gasteiger partial charge in [0.15, 0.2) is 0 Å². The highest BCUT2D eigenvalue weighted by Gasteiger charge is 2.41. The number of non-ortho nitro benzene ring substituents is 1. The molecule has 0 saturated carbocycles. The van der Waals surface area contributed by atoms with Gasteiger partial charge in [-0.3, -0.25) is 24.6 Å². The van der Waals surface area contributed by atoms with E-state index in [0.717, 1.165) is 4.90 Å². The van der Waals surface area contributed by atoms with Crippen molar-refractivity contribution in [2.24, 2.45) is 0 Å². The number of nitro groups is 1. The summed E-state index contributed by atoms with van der Waals surface area (Å²) in [5.41, 5.74) is 0.699. The number of benzene rings is 1. The predicted molar refractivity (Wildman–Crippen MR) is 110 cm³/mol. The van der Waals surface area contributed by atoms with Gasteiger partial charge in [-0.05, 0) is 29.8 Å². The van der Waals surface area contributed by atoms with Crippen LogP contribution in [-0.2, 0) is 25.6 Å². The number of ether oxygens (including phenoxy) is 2. The Balaban J connectivity index is 2.05. The standard InChI is InChI=1S/C21H23N3O7/c1-29-12-9-22(10-13-30-2)19-18(15-5-7-16(8-6-15)24(27)28)20(25)23(21(19)26)14-17-4-3-11-31-17/h3-8,11H,9-10,12-14H2,1-2H3. The lowest BCUT2D eigenvalue weighted by molar-refractivity contribution is -0.384. The van der Waals surface area contributed by atoms with Gasteiger partial charge in [0.05, 0.1) is 36.5 Å². The third kappa shape index (κ3) is 4.81. The number of carbonyl (C=O) groups is 2. The number of hydrogen-bond donors (Lipinski definition) is 0. The second-order valence-electron chi connectivity index (χ2n) is 6.78.